The molecule has 9 heteroatoms. The Morgan fingerprint density at radius 1 is 1.21 bits per heavy atom. The van der Waals surface area contributed by atoms with Crippen molar-refractivity contribution in [2.24, 2.45) is 0 Å². The highest BCUT2D eigenvalue weighted by Gasteiger charge is 2.34. The van der Waals surface area contributed by atoms with Crippen molar-refractivity contribution in [2.75, 3.05) is 14.2 Å². The maximum absolute atomic E-state index is 12.7. The number of phenols is 1. The molecule has 0 aromatic heterocycles. The standard InChI is InChI=1S/C19H16N2O5S2/c1-25-14-7-6-11(15(10-14)26-2)9-16-18(24)21(19(27)28-16)20-17(23)12-4-3-5-13(22)8-12/h3-10,22H,1-2H3,(H,20,23)/b16-9-. The van der Waals surface area contributed by atoms with Gasteiger partial charge < -0.3 is 14.6 Å². The first-order valence-corrected chi connectivity index (χ1v) is 9.25. The first kappa shape index (κ1) is 19.7. The molecule has 0 spiro atoms. The van der Waals surface area contributed by atoms with Crippen molar-refractivity contribution in [3.63, 3.8) is 0 Å². The number of thioether (sulfide) groups is 1. The van der Waals surface area contributed by atoms with Gasteiger partial charge in [0.25, 0.3) is 11.8 Å². The van der Waals surface area contributed by atoms with Crippen LogP contribution in [0, 0.1) is 0 Å². The van der Waals surface area contributed by atoms with E-state index in [9.17, 15) is 14.7 Å². The number of carbonyl (C=O) groups excluding carboxylic acids is 2. The molecule has 1 heterocycles. The number of benzene rings is 2. The number of rotatable bonds is 5. The number of hydrazine groups is 1. The zero-order valence-corrected chi connectivity index (χ0v) is 16.6. The van der Waals surface area contributed by atoms with Crippen molar-refractivity contribution in [3.8, 4) is 17.2 Å². The second-order valence-electron chi connectivity index (χ2n) is 5.62. The van der Waals surface area contributed by atoms with Crippen LogP contribution in [-0.2, 0) is 4.79 Å². The van der Waals surface area contributed by atoms with Gasteiger partial charge in [0.15, 0.2) is 4.32 Å². The lowest BCUT2D eigenvalue weighted by atomic mass is 10.1. The fraction of sp³-hybridized carbons (Fsp3) is 0.105. The number of aromatic hydroxyl groups is 1. The Morgan fingerprint density at radius 2 is 2.00 bits per heavy atom. The predicted molar refractivity (Wildman–Crippen MR) is 110 cm³/mol. The van der Waals surface area contributed by atoms with Crippen molar-refractivity contribution in [1.29, 1.82) is 0 Å². The first-order valence-electron chi connectivity index (χ1n) is 8.03. The zero-order valence-electron chi connectivity index (χ0n) is 15.0. The van der Waals surface area contributed by atoms with E-state index >= 15 is 0 Å². The number of hydrogen-bond acceptors (Lipinski definition) is 7. The Labute approximate surface area is 170 Å². The van der Waals surface area contributed by atoms with Gasteiger partial charge in [0, 0.05) is 17.2 Å². The summed E-state index contributed by atoms with van der Waals surface area (Å²) in [6, 6.07) is 11.0. The summed E-state index contributed by atoms with van der Waals surface area (Å²) in [4.78, 5) is 25.4. The number of ether oxygens (including phenoxy) is 2. The quantitative estimate of drug-likeness (QED) is 0.572. The number of phenolic OH excluding ortho intramolecular Hbond substituents is 1. The number of nitrogens with one attached hydrogen (secondary N) is 1. The number of carbonyl (C=O) groups is 2. The smallest absolute Gasteiger partial charge is 0.285 e. The van der Waals surface area contributed by atoms with Crippen LogP contribution in [0.5, 0.6) is 17.2 Å². The summed E-state index contributed by atoms with van der Waals surface area (Å²) < 4.78 is 10.7. The molecule has 7 nitrogen and oxygen atoms in total. The maximum atomic E-state index is 12.7. The van der Waals surface area contributed by atoms with Crippen molar-refractivity contribution >= 4 is 46.2 Å². The lowest BCUT2D eigenvalue weighted by molar-refractivity contribution is -0.123. The Balaban J connectivity index is 1.82. The Kier molecular flexibility index (Phi) is 5.86. The molecule has 0 radical (unpaired) electrons. The minimum atomic E-state index is -0.560. The number of methoxy groups -OCH3 is 2. The normalized spacial score (nSPS) is 15.1. The minimum absolute atomic E-state index is 0.0514. The summed E-state index contributed by atoms with van der Waals surface area (Å²) in [7, 11) is 3.07. The largest absolute Gasteiger partial charge is 0.508 e. The van der Waals surface area contributed by atoms with Gasteiger partial charge in [-0.15, -0.1) is 0 Å². The molecule has 0 saturated carbocycles. The van der Waals surface area contributed by atoms with Gasteiger partial charge in [-0.2, -0.15) is 5.01 Å². The molecule has 2 aromatic rings. The number of amides is 2. The number of thiocarbonyl (C=S) groups is 1. The van der Waals surface area contributed by atoms with Crippen molar-refractivity contribution in [3.05, 3.63) is 58.5 Å². The van der Waals surface area contributed by atoms with Crippen LogP contribution in [0.25, 0.3) is 6.08 Å². The Morgan fingerprint density at radius 3 is 2.68 bits per heavy atom. The molecule has 0 atom stereocenters. The predicted octanol–water partition coefficient (Wildman–Crippen LogP) is 2.96. The van der Waals surface area contributed by atoms with Gasteiger partial charge in [-0.1, -0.05) is 17.8 Å². The van der Waals surface area contributed by atoms with Gasteiger partial charge in [-0.25, -0.2) is 0 Å². The third kappa shape index (κ3) is 4.10. The Hall–Kier alpha value is -3.04. The van der Waals surface area contributed by atoms with Crippen LogP contribution < -0.4 is 14.9 Å². The molecule has 1 fully saturated rings. The lowest BCUT2D eigenvalue weighted by Gasteiger charge is -2.15. The van der Waals surface area contributed by atoms with Crippen molar-refractivity contribution in [1.82, 2.24) is 10.4 Å². The van der Waals surface area contributed by atoms with Gasteiger partial charge in [-0.3, -0.25) is 15.0 Å². The van der Waals surface area contributed by atoms with E-state index in [4.69, 9.17) is 21.7 Å². The molecule has 28 heavy (non-hydrogen) atoms. The molecule has 1 saturated heterocycles. The second-order valence-corrected chi connectivity index (χ2v) is 7.29. The third-order valence-corrected chi connectivity index (χ3v) is 5.14. The molecule has 1 aliphatic rings. The number of hydrogen-bond donors (Lipinski definition) is 2. The molecule has 2 N–H and O–H groups in total. The van der Waals surface area contributed by atoms with Gasteiger partial charge in [0.1, 0.15) is 17.2 Å². The molecule has 2 aromatic carbocycles. The first-order chi connectivity index (χ1) is 13.4. The van der Waals surface area contributed by atoms with Crippen LogP contribution in [0.4, 0.5) is 0 Å². The molecule has 0 unspecified atom stereocenters. The van der Waals surface area contributed by atoms with Crippen LogP contribution in [0.15, 0.2) is 47.4 Å². The fourth-order valence-corrected chi connectivity index (χ4v) is 3.63. The van der Waals surface area contributed by atoms with Gasteiger partial charge >= 0.3 is 0 Å². The molecular formula is C19H16N2O5S2. The van der Waals surface area contributed by atoms with E-state index in [1.54, 1.807) is 31.4 Å². The van der Waals surface area contributed by atoms with Crippen LogP contribution >= 0.6 is 24.0 Å². The number of nitrogens with zero attached hydrogens (tertiary/aromatic N) is 1. The van der Waals surface area contributed by atoms with E-state index in [0.29, 0.717) is 22.0 Å². The highest BCUT2D eigenvalue weighted by atomic mass is 32.2. The molecule has 144 valence electrons. The van der Waals surface area contributed by atoms with E-state index in [-0.39, 0.29) is 15.6 Å². The van der Waals surface area contributed by atoms with Gasteiger partial charge in [-0.05, 0) is 48.6 Å². The second kappa shape index (κ2) is 8.32. The van der Waals surface area contributed by atoms with Crippen LogP contribution in [-0.4, -0.2) is 40.5 Å². The van der Waals surface area contributed by atoms with Gasteiger partial charge in [0.05, 0.1) is 19.1 Å². The summed E-state index contributed by atoms with van der Waals surface area (Å²) in [6.07, 6.45) is 1.64. The minimum Gasteiger partial charge on any atom is -0.508 e. The summed E-state index contributed by atoms with van der Waals surface area (Å²) in [5.74, 6) is 0.0923. The average Bonchev–Trinajstić information content (AvgIpc) is 2.95. The lowest BCUT2D eigenvalue weighted by Crippen LogP contribution is -2.44. The van der Waals surface area contributed by atoms with Crippen LogP contribution in [0.3, 0.4) is 0 Å². The van der Waals surface area contributed by atoms with Crippen LogP contribution in [0.1, 0.15) is 15.9 Å². The van der Waals surface area contributed by atoms with Crippen molar-refractivity contribution < 1.29 is 24.2 Å². The topological polar surface area (TPSA) is 88.1 Å². The SMILES string of the molecule is COc1ccc(/C=C2\SC(=S)N(NC(=O)c3cccc(O)c3)C2=O)c(OC)c1. The molecule has 0 aliphatic carbocycles. The highest BCUT2D eigenvalue weighted by molar-refractivity contribution is 8.26. The monoisotopic (exact) mass is 416 g/mol. The van der Waals surface area contributed by atoms with Gasteiger partial charge in [0.2, 0.25) is 0 Å². The molecule has 2 amide bonds. The summed E-state index contributed by atoms with van der Waals surface area (Å²) in [5.41, 5.74) is 3.34. The third-order valence-electron chi connectivity index (χ3n) is 3.84. The molecule has 3 rings (SSSR count). The molecular weight excluding hydrogens is 400 g/mol. The summed E-state index contributed by atoms with van der Waals surface area (Å²) in [6.45, 7) is 0. The van der Waals surface area contributed by atoms with E-state index in [0.717, 1.165) is 16.8 Å². The van der Waals surface area contributed by atoms with Crippen LogP contribution in [0.2, 0.25) is 0 Å². The highest BCUT2D eigenvalue weighted by Crippen LogP contribution is 2.34. The zero-order chi connectivity index (χ0) is 20.3. The van der Waals surface area contributed by atoms with E-state index in [2.05, 4.69) is 5.43 Å². The summed E-state index contributed by atoms with van der Waals surface area (Å²) >= 11 is 6.28. The van der Waals surface area contributed by atoms with E-state index in [1.165, 1.54) is 31.4 Å². The fourth-order valence-electron chi connectivity index (χ4n) is 2.46. The van der Waals surface area contributed by atoms with Crippen molar-refractivity contribution in [2.45, 2.75) is 0 Å². The Bertz CT molecular complexity index is 990. The summed E-state index contributed by atoms with van der Waals surface area (Å²) in [5, 5.41) is 10.5. The maximum Gasteiger partial charge on any atom is 0.285 e. The average molecular weight is 416 g/mol. The molecule has 1 aliphatic heterocycles. The molecule has 0 bridgehead atoms. The van der Waals surface area contributed by atoms with E-state index < -0.39 is 11.8 Å². The van der Waals surface area contributed by atoms with E-state index in [1.807, 2.05) is 0 Å².